The van der Waals surface area contributed by atoms with E-state index >= 15 is 0 Å². The molecule has 3 aromatic heterocycles. The van der Waals surface area contributed by atoms with Crippen LogP contribution in [-0.4, -0.2) is 56.1 Å². The van der Waals surface area contributed by atoms with E-state index in [9.17, 15) is 15.2 Å². The van der Waals surface area contributed by atoms with Gasteiger partial charge in [-0.2, -0.15) is 15.2 Å². The number of anilines is 1. The Morgan fingerprint density at radius 3 is 2.78 bits per heavy atom. The number of ether oxygens (including phenoxy) is 1. The number of aliphatic hydroxyl groups is 1. The lowest BCUT2D eigenvalue weighted by molar-refractivity contribution is 0.0212. The number of hydrogen-bond donors (Lipinski definition) is 2. The summed E-state index contributed by atoms with van der Waals surface area (Å²) < 4.78 is 5.86. The molecular formula is C28H34N6O3. The van der Waals surface area contributed by atoms with E-state index in [0.29, 0.717) is 11.7 Å². The summed E-state index contributed by atoms with van der Waals surface area (Å²) in [5, 5.41) is 20.9. The van der Waals surface area contributed by atoms with E-state index in [1.807, 2.05) is 13.0 Å². The number of carbonyl (C=O) groups excluding carboxylic acids is 1. The van der Waals surface area contributed by atoms with E-state index in [1.165, 1.54) is 10.9 Å². The van der Waals surface area contributed by atoms with Crippen LogP contribution in [0.5, 0.6) is 6.01 Å². The van der Waals surface area contributed by atoms with Crippen LogP contribution >= 0.6 is 0 Å². The van der Waals surface area contributed by atoms with Gasteiger partial charge in [-0.25, -0.2) is 4.98 Å². The second-order valence-corrected chi connectivity index (χ2v) is 11.2. The minimum Gasteiger partial charge on any atom is -0.462 e. The van der Waals surface area contributed by atoms with Gasteiger partial charge in [-0.15, -0.1) is 0 Å². The Hall–Kier alpha value is -3.51. The largest absolute Gasteiger partial charge is 0.462 e. The lowest BCUT2D eigenvalue weighted by Gasteiger charge is -2.33. The summed E-state index contributed by atoms with van der Waals surface area (Å²) in [5.41, 5.74) is 1.04. The summed E-state index contributed by atoms with van der Waals surface area (Å²) in [6, 6.07) is 8.25. The number of pyridine rings is 1. The molecule has 2 fully saturated rings. The fourth-order valence-corrected chi connectivity index (χ4v) is 4.79. The van der Waals surface area contributed by atoms with Gasteiger partial charge < -0.3 is 19.7 Å². The number of carbonyl (C=O) groups is 1. The van der Waals surface area contributed by atoms with Gasteiger partial charge in [0.1, 0.15) is 23.8 Å². The van der Waals surface area contributed by atoms with Crippen molar-refractivity contribution in [3.63, 3.8) is 0 Å². The van der Waals surface area contributed by atoms with Crippen molar-refractivity contribution in [2.75, 3.05) is 24.6 Å². The zero-order valence-corrected chi connectivity index (χ0v) is 21.7. The van der Waals surface area contributed by atoms with Crippen molar-refractivity contribution in [2.24, 2.45) is 11.3 Å². The third-order valence-electron chi connectivity index (χ3n) is 7.99. The highest BCUT2D eigenvalue weighted by Gasteiger charge is 2.44. The molecule has 1 unspecified atom stereocenters. The highest BCUT2D eigenvalue weighted by molar-refractivity contribution is 5.95. The number of H-pyrrole nitrogens is 1. The molecule has 4 heterocycles. The van der Waals surface area contributed by atoms with Crippen LogP contribution in [0.25, 0.3) is 11.0 Å². The van der Waals surface area contributed by atoms with Crippen molar-refractivity contribution in [3.05, 3.63) is 41.9 Å². The van der Waals surface area contributed by atoms with Gasteiger partial charge in [-0.3, -0.25) is 4.79 Å². The standard InChI is InChI=1S/C28H34N6O3/c1-18(27(2,3)36)13-23(35)22-14-24(33-26(32-22)37-17-28(16-29)8-9-28)34-11-6-19(7-12-34)21-15-31-25-20(21)5-4-10-30-25/h4-5,10,14-15,18-19,36H,6-9,11-13,17H2,1-3H3,(H,30,31). The van der Waals surface area contributed by atoms with E-state index < -0.39 is 11.0 Å². The third-order valence-corrected chi connectivity index (χ3v) is 7.99. The molecule has 2 aliphatic rings. The molecule has 1 atom stereocenters. The first-order chi connectivity index (χ1) is 17.7. The third kappa shape index (κ3) is 5.44. The van der Waals surface area contributed by atoms with Crippen LogP contribution in [0.4, 0.5) is 5.82 Å². The fourth-order valence-electron chi connectivity index (χ4n) is 4.79. The van der Waals surface area contributed by atoms with E-state index in [2.05, 4.69) is 43.2 Å². The number of nitrogens with one attached hydrogen (secondary N) is 1. The van der Waals surface area contributed by atoms with Crippen molar-refractivity contribution in [1.82, 2.24) is 19.9 Å². The van der Waals surface area contributed by atoms with Gasteiger partial charge in [0.2, 0.25) is 0 Å². The zero-order chi connectivity index (χ0) is 26.2. The molecule has 0 aromatic carbocycles. The first kappa shape index (κ1) is 25.2. The molecule has 0 bridgehead atoms. The molecule has 3 aromatic rings. The molecule has 37 heavy (non-hydrogen) atoms. The van der Waals surface area contributed by atoms with Crippen molar-refractivity contribution in [1.29, 1.82) is 5.26 Å². The van der Waals surface area contributed by atoms with Crippen LogP contribution < -0.4 is 9.64 Å². The molecule has 2 N–H and O–H groups in total. The Kier molecular flexibility index (Phi) is 6.63. The van der Waals surface area contributed by atoms with Crippen LogP contribution in [0.1, 0.15) is 74.8 Å². The van der Waals surface area contributed by atoms with E-state index in [0.717, 1.165) is 44.4 Å². The van der Waals surface area contributed by atoms with Crippen molar-refractivity contribution in [2.45, 2.75) is 64.4 Å². The minimum absolute atomic E-state index is 0.128. The maximum Gasteiger partial charge on any atom is 0.319 e. The molecule has 9 nitrogen and oxygen atoms in total. The van der Waals surface area contributed by atoms with Gasteiger partial charge in [0.05, 0.1) is 17.1 Å². The van der Waals surface area contributed by atoms with E-state index in [4.69, 9.17) is 4.74 Å². The number of hydrogen-bond acceptors (Lipinski definition) is 8. The molecular weight excluding hydrogens is 468 g/mol. The number of aromatic nitrogens is 4. The van der Waals surface area contributed by atoms with Gasteiger partial charge in [0, 0.05) is 43.4 Å². The van der Waals surface area contributed by atoms with Gasteiger partial charge in [0.25, 0.3) is 0 Å². The van der Waals surface area contributed by atoms with E-state index in [-0.39, 0.29) is 36.4 Å². The summed E-state index contributed by atoms with van der Waals surface area (Å²) >= 11 is 0. The second-order valence-electron chi connectivity index (χ2n) is 11.2. The molecule has 9 heteroatoms. The van der Waals surface area contributed by atoms with Crippen molar-refractivity contribution < 1.29 is 14.6 Å². The van der Waals surface area contributed by atoms with Gasteiger partial charge in [-0.05, 0) is 69.1 Å². The predicted octanol–water partition coefficient (Wildman–Crippen LogP) is 4.40. The molecule has 1 saturated heterocycles. The minimum atomic E-state index is -0.976. The highest BCUT2D eigenvalue weighted by Crippen LogP contribution is 2.45. The summed E-state index contributed by atoms with van der Waals surface area (Å²) in [6.45, 7) is 7.04. The first-order valence-electron chi connectivity index (χ1n) is 13.0. The number of nitriles is 1. The number of piperidine rings is 1. The van der Waals surface area contributed by atoms with Gasteiger partial charge >= 0.3 is 6.01 Å². The molecule has 0 spiro atoms. The molecule has 0 amide bonds. The molecule has 1 aliphatic carbocycles. The Bertz CT molecular complexity index is 1330. The van der Waals surface area contributed by atoms with Crippen LogP contribution in [0, 0.1) is 22.7 Å². The Balaban J connectivity index is 1.34. The molecule has 1 aliphatic heterocycles. The van der Waals surface area contributed by atoms with Crippen LogP contribution in [0.3, 0.4) is 0 Å². The van der Waals surface area contributed by atoms with E-state index in [1.54, 1.807) is 26.1 Å². The monoisotopic (exact) mass is 502 g/mol. The van der Waals surface area contributed by atoms with Gasteiger partial charge in [0.15, 0.2) is 5.78 Å². The Morgan fingerprint density at radius 1 is 1.35 bits per heavy atom. The maximum absolute atomic E-state index is 13.2. The molecule has 0 radical (unpaired) electrons. The number of nitrogens with zero attached hydrogens (tertiary/aromatic N) is 5. The number of fused-ring (bicyclic) bond motifs is 1. The number of ketones is 1. The first-order valence-corrected chi connectivity index (χ1v) is 13.0. The average molecular weight is 503 g/mol. The SMILES string of the molecule is CC(CC(=O)c1cc(N2CCC(c3c[nH]c4ncccc34)CC2)nc(OCC2(C#N)CC2)n1)C(C)(C)O. The normalized spacial score (nSPS) is 18.4. The molecule has 5 rings (SSSR count). The zero-order valence-electron chi connectivity index (χ0n) is 21.7. The number of Topliss-reactive ketones (excluding diaryl/α,β-unsaturated/α-hetero) is 1. The van der Waals surface area contributed by atoms with Crippen LogP contribution in [0.2, 0.25) is 0 Å². The lowest BCUT2D eigenvalue weighted by atomic mass is 9.88. The highest BCUT2D eigenvalue weighted by atomic mass is 16.5. The van der Waals surface area contributed by atoms with Crippen molar-refractivity contribution >= 4 is 22.6 Å². The molecule has 194 valence electrons. The van der Waals surface area contributed by atoms with Crippen LogP contribution in [0.15, 0.2) is 30.6 Å². The summed E-state index contributed by atoms with van der Waals surface area (Å²) in [6.07, 6.45) is 7.51. The summed E-state index contributed by atoms with van der Waals surface area (Å²) in [7, 11) is 0. The lowest BCUT2D eigenvalue weighted by Crippen LogP contribution is -2.34. The smallest absolute Gasteiger partial charge is 0.319 e. The fraction of sp³-hybridized carbons (Fsp3) is 0.536. The Morgan fingerprint density at radius 2 is 2.11 bits per heavy atom. The predicted molar refractivity (Wildman–Crippen MR) is 139 cm³/mol. The van der Waals surface area contributed by atoms with Gasteiger partial charge in [-0.1, -0.05) is 6.92 Å². The van der Waals surface area contributed by atoms with Crippen LogP contribution in [-0.2, 0) is 0 Å². The maximum atomic E-state index is 13.2. The second kappa shape index (κ2) is 9.75. The molecule has 1 saturated carbocycles. The summed E-state index contributed by atoms with van der Waals surface area (Å²) in [4.78, 5) is 32.1. The topological polar surface area (TPSA) is 128 Å². The van der Waals surface area contributed by atoms with Crippen molar-refractivity contribution in [3.8, 4) is 12.1 Å². The number of aromatic amines is 1. The quantitative estimate of drug-likeness (QED) is 0.412. The summed E-state index contributed by atoms with van der Waals surface area (Å²) in [5.74, 6) is 0.666. The number of rotatable bonds is 9. The average Bonchev–Trinajstić information content (AvgIpc) is 3.56. The Labute approximate surface area is 216 Å².